The van der Waals surface area contributed by atoms with E-state index in [1.54, 1.807) is 6.92 Å². The minimum absolute atomic E-state index is 0.131. The molecular weight excluding hydrogens is 247 g/mol. The van der Waals surface area contributed by atoms with Gasteiger partial charge in [-0.05, 0) is 19.1 Å². The Morgan fingerprint density at radius 1 is 1.65 bits per heavy atom. The number of fused-ring (bicyclic) bond motifs is 1. The van der Waals surface area contributed by atoms with Crippen LogP contribution in [-0.2, 0) is 11.3 Å². The highest BCUT2D eigenvalue weighted by atomic mass is 35.5. The third-order valence-electron chi connectivity index (χ3n) is 2.17. The second-order valence-electron chi connectivity index (χ2n) is 3.55. The summed E-state index contributed by atoms with van der Waals surface area (Å²) in [5.74, 6) is -0.368. The molecule has 1 aromatic heterocycles. The summed E-state index contributed by atoms with van der Waals surface area (Å²) in [5.41, 5.74) is 0.905. The molecule has 2 rings (SSSR count). The number of nitrogens with zero attached hydrogens (tertiary/aromatic N) is 1. The highest BCUT2D eigenvalue weighted by Gasteiger charge is 2.11. The van der Waals surface area contributed by atoms with Crippen molar-refractivity contribution in [3.63, 3.8) is 0 Å². The van der Waals surface area contributed by atoms with Gasteiger partial charge < -0.3 is 9.73 Å². The van der Waals surface area contributed by atoms with Crippen LogP contribution in [0.15, 0.2) is 22.6 Å². The van der Waals surface area contributed by atoms with Gasteiger partial charge in [-0.15, -0.1) is 11.6 Å². The number of hydrogen-bond acceptors (Lipinski definition) is 3. The van der Waals surface area contributed by atoms with Crippen LogP contribution in [0.3, 0.4) is 0 Å². The Bertz CT molecular complexity index is 553. The predicted molar refractivity (Wildman–Crippen MR) is 61.1 cm³/mol. The lowest BCUT2D eigenvalue weighted by Gasteiger charge is -2.02. The zero-order valence-corrected chi connectivity index (χ0v) is 9.79. The fourth-order valence-electron chi connectivity index (χ4n) is 1.33. The van der Waals surface area contributed by atoms with E-state index in [-0.39, 0.29) is 18.3 Å². The van der Waals surface area contributed by atoms with E-state index < -0.39 is 5.38 Å². The van der Waals surface area contributed by atoms with Gasteiger partial charge in [0.1, 0.15) is 16.7 Å². The van der Waals surface area contributed by atoms with Crippen molar-refractivity contribution in [1.82, 2.24) is 10.3 Å². The summed E-state index contributed by atoms with van der Waals surface area (Å²) in [4.78, 5) is 15.3. The molecule has 1 amide bonds. The third-order valence-corrected chi connectivity index (χ3v) is 2.37. The number of carbonyl (C=O) groups excluding carboxylic acids is 1. The molecule has 6 heteroatoms. The molecule has 0 fully saturated rings. The van der Waals surface area contributed by atoms with E-state index in [9.17, 15) is 9.18 Å². The van der Waals surface area contributed by atoms with Crippen LogP contribution in [0, 0.1) is 5.82 Å². The molecule has 4 nitrogen and oxygen atoms in total. The number of benzene rings is 1. The Balaban J connectivity index is 2.12. The highest BCUT2D eigenvalue weighted by Crippen LogP contribution is 2.16. The van der Waals surface area contributed by atoms with E-state index in [1.165, 1.54) is 18.2 Å². The van der Waals surface area contributed by atoms with E-state index in [4.69, 9.17) is 16.0 Å². The first-order valence-corrected chi connectivity index (χ1v) is 5.46. The molecule has 0 aliphatic carbocycles. The van der Waals surface area contributed by atoms with Gasteiger partial charge >= 0.3 is 0 Å². The van der Waals surface area contributed by atoms with Crippen LogP contribution < -0.4 is 5.32 Å². The lowest BCUT2D eigenvalue weighted by molar-refractivity contribution is -0.120. The quantitative estimate of drug-likeness (QED) is 0.857. The Kier molecular flexibility index (Phi) is 3.28. The first-order valence-electron chi connectivity index (χ1n) is 5.03. The van der Waals surface area contributed by atoms with Crippen LogP contribution in [0.25, 0.3) is 11.1 Å². The fourth-order valence-corrected chi connectivity index (χ4v) is 1.40. The van der Waals surface area contributed by atoms with Gasteiger partial charge in [0.05, 0.1) is 6.54 Å². The number of nitrogens with one attached hydrogen (secondary N) is 1. The summed E-state index contributed by atoms with van der Waals surface area (Å²) in [6, 6.07) is 4.05. The van der Waals surface area contributed by atoms with Gasteiger partial charge in [-0.25, -0.2) is 9.37 Å². The Labute approximate surface area is 102 Å². The van der Waals surface area contributed by atoms with Crippen molar-refractivity contribution in [2.75, 3.05) is 0 Å². The van der Waals surface area contributed by atoms with Gasteiger partial charge in [0.15, 0.2) is 5.58 Å². The van der Waals surface area contributed by atoms with Crippen LogP contribution in [-0.4, -0.2) is 16.3 Å². The van der Waals surface area contributed by atoms with Gasteiger partial charge in [0, 0.05) is 6.07 Å². The molecule has 17 heavy (non-hydrogen) atoms. The van der Waals surface area contributed by atoms with Gasteiger partial charge in [-0.2, -0.15) is 0 Å². The number of alkyl halides is 1. The van der Waals surface area contributed by atoms with Gasteiger partial charge in [0.25, 0.3) is 0 Å². The number of aromatic nitrogens is 1. The lowest BCUT2D eigenvalue weighted by atomic mass is 10.3. The average Bonchev–Trinajstić information content (AvgIpc) is 2.67. The number of halogens is 2. The van der Waals surface area contributed by atoms with Crippen LogP contribution in [0.4, 0.5) is 4.39 Å². The standard InChI is InChI=1S/C11H10ClFN2O2/c1-6(12)11(16)14-5-10-15-8-4-7(13)2-3-9(8)17-10/h2-4,6H,5H2,1H3,(H,14,16). The van der Waals surface area contributed by atoms with Crippen molar-refractivity contribution in [3.8, 4) is 0 Å². The molecule has 1 aromatic carbocycles. The number of carbonyl (C=O) groups is 1. The lowest BCUT2D eigenvalue weighted by Crippen LogP contribution is -2.29. The van der Waals surface area contributed by atoms with Crippen molar-refractivity contribution in [1.29, 1.82) is 0 Å². The second kappa shape index (κ2) is 4.71. The van der Waals surface area contributed by atoms with E-state index in [2.05, 4.69) is 10.3 Å². The van der Waals surface area contributed by atoms with Crippen molar-refractivity contribution in [2.24, 2.45) is 0 Å². The SMILES string of the molecule is CC(Cl)C(=O)NCc1nc2cc(F)ccc2o1. The molecule has 0 saturated heterocycles. The van der Waals surface area contributed by atoms with Gasteiger partial charge in [-0.3, -0.25) is 4.79 Å². The van der Waals surface area contributed by atoms with Crippen LogP contribution >= 0.6 is 11.6 Å². The molecule has 1 heterocycles. The fraction of sp³-hybridized carbons (Fsp3) is 0.273. The predicted octanol–water partition coefficient (Wildman–Crippen LogP) is 2.21. The molecule has 1 N–H and O–H groups in total. The number of oxazole rings is 1. The molecule has 0 bridgehead atoms. The zero-order chi connectivity index (χ0) is 12.4. The van der Waals surface area contributed by atoms with E-state index >= 15 is 0 Å². The molecule has 0 saturated carbocycles. The molecule has 1 atom stereocenters. The summed E-state index contributed by atoms with van der Waals surface area (Å²) in [7, 11) is 0. The molecule has 0 aliphatic heterocycles. The summed E-state index contributed by atoms with van der Waals surface area (Å²) in [5, 5.41) is 1.94. The molecule has 2 aromatic rings. The van der Waals surface area contributed by atoms with Crippen molar-refractivity contribution in [3.05, 3.63) is 29.9 Å². The van der Waals surface area contributed by atoms with Gasteiger partial charge in [-0.1, -0.05) is 0 Å². The smallest absolute Gasteiger partial charge is 0.238 e. The summed E-state index contributed by atoms with van der Waals surface area (Å²) >= 11 is 5.58. The normalized spacial score (nSPS) is 12.6. The second-order valence-corrected chi connectivity index (χ2v) is 4.21. The Hall–Kier alpha value is -1.62. The topological polar surface area (TPSA) is 55.1 Å². The largest absolute Gasteiger partial charge is 0.439 e. The number of amides is 1. The maximum absolute atomic E-state index is 12.9. The van der Waals surface area contributed by atoms with Crippen molar-refractivity contribution >= 4 is 28.6 Å². The van der Waals surface area contributed by atoms with E-state index in [0.29, 0.717) is 17.0 Å². The molecule has 0 radical (unpaired) electrons. The molecule has 0 aliphatic rings. The monoisotopic (exact) mass is 256 g/mol. The molecule has 1 unspecified atom stereocenters. The summed E-state index contributed by atoms with van der Waals surface area (Å²) in [6.45, 7) is 1.70. The highest BCUT2D eigenvalue weighted by molar-refractivity contribution is 6.30. The molecular formula is C11H10ClFN2O2. The zero-order valence-electron chi connectivity index (χ0n) is 9.04. The molecule has 90 valence electrons. The van der Waals surface area contributed by atoms with Crippen LogP contribution in [0.5, 0.6) is 0 Å². The number of rotatable bonds is 3. The first kappa shape index (κ1) is 11.9. The Morgan fingerprint density at radius 2 is 2.41 bits per heavy atom. The number of hydrogen-bond donors (Lipinski definition) is 1. The van der Waals surface area contributed by atoms with Crippen molar-refractivity contribution in [2.45, 2.75) is 18.8 Å². The summed E-state index contributed by atoms with van der Waals surface area (Å²) < 4.78 is 18.2. The average molecular weight is 257 g/mol. The third kappa shape index (κ3) is 2.74. The Morgan fingerprint density at radius 3 is 3.12 bits per heavy atom. The maximum Gasteiger partial charge on any atom is 0.238 e. The minimum Gasteiger partial charge on any atom is -0.439 e. The maximum atomic E-state index is 12.9. The van der Waals surface area contributed by atoms with E-state index in [0.717, 1.165) is 0 Å². The van der Waals surface area contributed by atoms with Crippen LogP contribution in [0.2, 0.25) is 0 Å². The van der Waals surface area contributed by atoms with E-state index in [1.807, 2.05) is 0 Å². The molecule has 0 spiro atoms. The summed E-state index contributed by atoms with van der Waals surface area (Å²) in [6.07, 6.45) is 0. The first-order chi connectivity index (χ1) is 8.06. The van der Waals surface area contributed by atoms with Crippen molar-refractivity contribution < 1.29 is 13.6 Å². The minimum atomic E-state index is -0.614. The van der Waals surface area contributed by atoms with Gasteiger partial charge in [0.2, 0.25) is 11.8 Å². The van der Waals surface area contributed by atoms with Crippen LogP contribution in [0.1, 0.15) is 12.8 Å².